The van der Waals surface area contributed by atoms with Crippen LogP contribution in [-0.4, -0.2) is 28.3 Å². The number of pyridine rings is 1. The van der Waals surface area contributed by atoms with Gasteiger partial charge in [0.05, 0.1) is 18.7 Å². The Kier molecular flexibility index (Phi) is 3.68. The number of ketones is 1. The van der Waals surface area contributed by atoms with Gasteiger partial charge in [-0.1, -0.05) is 30.2 Å². The van der Waals surface area contributed by atoms with Gasteiger partial charge in [0.1, 0.15) is 5.69 Å². The second-order valence-electron chi connectivity index (χ2n) is 5.29. The number of fused-ring (bicyclic) bond motifs is 1. The molecule has 2 heterocycles. The molecule has 1 atom stereocenters. The summed E-state index contributed by atoms with van der Waals surface area (Å²) in [6, 6.07) is 11.7. The second kappa shape index (κ2) is 5.67. The Morgan fingerprint density at radius 1 is 1.26 bits per heavy atom. The van der Waals surface area contributed by atoms with Gasteiger partial charge in [0.2, 0.25) is 0 Å². The Morgan fingerprint density at radius 3 is 2.70 bits per heavy atom. The van der Waals surface area contributed by atoms with Crippen molar-refractivity contribution in [1.29, 1.82) is 0 Å². The minimum absolute atomic E-state index is 0.0376. The van der Waals surface area contributed by atoms with E-state index in [0.717, 1.165) is 0 Å². The molecule has 1 amide bonds. The average Bonchev–Trinajstić information content (AvgIpc) is 2.78. The van der Waals surface area contributed by atoms with E-state index in [4.69, 9.17) is 6.42 Å². The van der Waals surface area contributed by atoms with E-state index in [9.17, 15) is 14.7 Å². The summed E-state index contributed by atoms with van der Waals surface area (Å²) in [4.78, 5) is 30.3. The molecule has 0 saturated carbocycles. The normalized spacial score (nSPS) is 19.3. The van der Waals surface area contributed by atoms with E-state index in [0.29, 0.717) is 11.3 Å². The number of carbonyl (C=O) groups excluding carboxylic acids is 2. The van der Waals surface area contributed by atoms with Crippen LogP contribution < -0.4 is 4.90 Å². The highest BCUT2D eigenvalue weighted by atomic mass is 16.3. The molecule has 0 radical (unpaired) electrons. The van der Waals surface area contributed by atoms with Crippen molar-refractivity contribution in [1.82, 2.24) is 4.98 Å². The number of para-hydroxylation sites is 1. The fraction of sp³-hybridized carbons (Fsp3) is 0.167. The Bertz CT molecular complexity index is 811. The van der Waals surface area contributed by atoms with Crippen LogP contribution in [0.4, 0.5) is 5.69 Å². The van der Waals surface area contributed by atoms with Gasteiger partial charge in [-0.2, -0.15) is 0 Å². The number of rotatable bonds is 4. The number of amides is 1. The highest BCUT2D eigenvalue weighted by Crippen LogP contribution is 2.42. The summed E-state index contributed by atoms with van der Waals surface area (Å²) >= 11 is 0. The third-order valence-corrected chi connectivity index (χ3v) is 3.86. The third kappa shape index (κ3) is 2.39. The number of aromatic nitrogens is 1. The van der Waals surface area contributed by atoms with E-state index in [1.54, 1.807) is 42.5 Å². The van der Waals surface area contributed by atoms with Crippen LogP contribution in [0.25, 0.3) is 0 Å². The molecule has 3 rings (SSSR count). The molecule has 0 bridgehead atoms. The van der Waals surface area contributed by atoms with Crippen molar-refractivity contribution in [2.24, 2.45) is 0 Å². The first-order valence-electron chi connectivity index (χ1n) is 7.09. The van der Waals surface area contributed by atoms with Crippen LogP contribution in [0.5, 0.6) is 0 Å². The second-order valence-corrected chi connectivity index (χ2v) is 5.29. The van der Waals surface area contributed by atoms with Crippen LogP contribution >= 0.6 is 0 Å². The number of carbonyl (C=O) groups is 2. The summed E-state index contributed by atoms with van der Waals surface area (Å²) in [7, 11) is 0. The summed E-state index contributed by atoms with van der Waals surface area (Å²) in [6.07, 6.45) is 6.42. The molecular weight excluding hydrogens is 292 g/mol. The minimum Gasteiger partial charge on any atom is -0.375 e. The van der Waals surface area contributed by atoms with Gasteiger partial charge in [-0.3, -0.25) is 19.5 Å². The molecule has 0 spiro atoms. The van der Waals surface area contributed by atoms with Crippen LogP contribution in [0.1, 0.15) is 22.5 Å². The van der Waals surface area contributed by atoms with Crippen molar-refractivity contribution >= 4 is 17.4 Å². The lowest BCUT2D eigenvalue weighted by Gasteiger charge is -2.21. The average molecular weight is 306 g/mol. The van der Waals surface area contributed by atoms with Crippen molar-refractivity contribution in [3.8, 4) is 12.3 Å². The largest absolute Gasteiger partial charge is 0.375 e. The van der Waals surface area contributed by atoms with E-state index in [-0.39, 0.29) is 18.7 Å². The number of anilines is 1. The van der Waals surface area contributed by atoms with Crippen molar-refractivity contribution in [2.45, 2.75) is 12.0 Å². The van der Waals surface area contributed by atoms with Crippen molar-refractivity contribution in [2.75, 3.05) is 11.4 Å². The minimum atomic E-state index is -1.91. The molecule has 0 fully saturated rings. The van der Waals surface area contributed by atoms with Crippen molar-refractivity contribution in [3.63, 3.8) is 0 Å². The van der Waals surface area contributed by atoms with Crippen LogP contribution in [0, 0.1) is 12.3 Å². The molecule has 2 aromatic rings. The van der Waals surface area contributed by atoms with E-state index in [1.807, 2.05) is 0 Å². The van der Waals surface area contributed by atoms with E-state index in [1.165, 1.54) is 11.1 Å². The molecule has 1 aliphatic heterocycles. The Balaban J connectivity index is 1.99. The summed E-state index contributed by atoms with van der Waals surface area (Å²) in [5.74, 6) is 1.41. The summed E-state index contributed by atoms with van der Waals surface area (Å²) in [5, 5.41) is 10.9. The molecule has 1 aromatic heterocycles. The van der Waals surface area contributed by atoms with Crippen molar-refractivity contribution in [3.05, 3.63) is 59.9 Å². The van der Waals surface area contributed by atoms with Crippen LogP contribution in [0.15, 0.2) is 48.7 Å². The standard InChI is InChI=1S/C18H14N2O3/c1-2-11-20-15-9-4-3-7-13(15)18(23,17(20)22)12-16(21)14-8-5-6-10-19-14/h1,3-10,23H,11-12H2/t18-/m1/s1. The van der Waals surface area contributed by atoms with Gasteiger partial charge in [0, 0.05) is 11.8 Å². The molecule has 5 nitrogen and oxygen atoms in total. The smallest absolute Gasteiger partial charge is 0.265 e. The molecule has 1 aliphatic rings. The van der Waals surface area contributed by atoms with Gasteiger partial charge in [0.15, 0.2) is 11.4 Å². The molecule has 0 unspecified atom stereocenters. The predicted octanol–water partition coefficient (Wildman–Crippen LogP) is 1.52. The molecule has 0 aliphatic carbocycles. The molecule has 1 aromatic carbocycles. The lowest BCUT2D eigenvalue weighted by atomic mass is 9.89. The van der Waals surface area contributed by atoms with Gasteiger partial charge >= 0.3 is 0 Å². The number of terminal acetylenes is 1. The van der Waals surface area contributed by atoms with Gasteiger partial charge in [-0.05, 0) is 18.2 Å². The lowest BCUT2D eigenvalue weighted by Crippen LogP contribution is -2.42. The van der Waals surface area contributed by atoms with Gasteiger partial charge < -0.3 is 5.11 Å². The highest BCUT2D eigenvalue weighted by Gasteiger charge is 2.50. The maximum Gasteiger partial charge on any atom is 0.265 e. The fourth-order valence-electron chi connectivity index (χ4n) is 2.78. The number of benzene rings is 1. The summed E-state index contributed by atoms with van der Waals surface area (Å²) in [6.45, 7) is 0.0376. The number of nitrogens with zero attached hydrogens (tertiary/aromatic N) is 2. The zero-order chi connectivity index (χ0) is 16.4. The van der Waals surface area contributed by atoms with Gasteiger partial charge in [0.25, 0.3) is 5.91 Å². The van der Waals surface area contributed by atoms with Gasteiger partial charge in [-0.15, -0.1) is 6.42 Å². The maximum absolute atomic E-state index is 12.6. The predicted molar refractivity (Wildman–Crippen MR) is 84.7 cm³/mol. The number of hydrogen-bond acceptors (Lipinski definition) is 4. The summed E-state index contributed by atoms with van der Waals surface area (Å²) < 4.78 is 0. The van der Waals surface area contributed by atoms with Gasteiger partial charge in [-0.25, -0.2) is 0 Å². The molecule has 23 heavy (non-hydrogen) atoms. The topological polar surface area (TPSA) is 70.5 Å². The van der Waals surface area contributed by atoms with Crippen molar-refractivity contribution < 1.29 is 14.7 Å². The first-order valence-corrected chi connectivity index (χ1v) is 7.09. The quantitative estimate of drug-likeness (QED) is 0.687. The zero-order valence-corrected chi connectivity index (χ0v) is 12.3. The first-order chi connectivity index (χ1) is 11.1. The molecule has 5 heteroatoms. The zero-order valence-electron chi connectivity index (χ0n) is 12.3. The molecule has 0 saturated heterocycles. The third-order valence-electron chi connectivity index (χ3n) is 3.86. The first kappa shape index (κ1) is 14.9. The number of Topliss-reactive ketones (excluding diaryl/α,β-unsaturated/α-hetero) is 1. The Morgan fingerprint density at radius 2 is 2.00 bits per heavy atom. The van der Waals surface area contributed by atoms with E-state index in [2.05, 4.69) is 10.9 Å². The monoisotopic (exact) mass is 306 g/mol. The summed E-state index contributed by atoms with van der Waals surface area (Å²) in [5.41, 5.74) is -0.778. The Hall–Kier alpha value is -2.97. The number of aliphatic hydroxyl groups is 1. The van der Waals surface area contributed by atoms with Crippen LogP contribution in [-0.2, 0) is 10.4 Å². The van der Waals surface area contributed by atoms with E-state index < -0.39 is 17.3 Å². The van der Waals surface area contributed by atoms with E-state index >= 15 is 0 Å². The molecule has 114 valence electrons. The molecular formula is C18H14N2O3. The maximum atomic E-state index is 12.6. The molecule has 1 N–H and O–H groups in total. The highest BCUT2D eigenvalue weighted by molar-refractivity contribution is 6.10. The Labute approximate surface area is 133 Å². The lowest BCUT2D eigenvalue weighted by molar-refractivity contribution is -0.135. The van der Waals surface area contributed by atoms with Crippen LogP contribution in [0.3, 0.4) is 0 Å². The van der Waals surface area contributed by atoms with Crippen LogP contribution in [0.2, 0.25) is 0 Å². The number of hydrogen-bond donors (Lipinski definition) is 1. The fourth-order valence-corrected chi connectivity index (χ4v) is 2.78. The SMILES string of the molecule is C#CCN1C(=O)[C@@](O)(CC(=O)c2ccccn2)c2ccccc21.